The quantitative estimate of drug-likeness (QED) is 0.192. The van der Waals surface area contributed by atoms with Gasteiger partial charge in [-0.05, 0) is 49.5 Å². The minimum Gasteiger partial charge on any atom is -0.458 e. The van der Waals surface area contributed by atoms with Crippen molar-refractivity contribution < 1.29 is 46.7 Å². The van der Waals surface area contributed by atoms with Crippen molar-refractivity contribution in [2.45, 2.75) is 134 Å². The normalized spacial score (nSPS) is 20.4. The van der Waals surface area contributed by atoms with Crippen molar-refractivity contribution in [3.05, 3.63) is 42.2 Å². The molecule has 2 saturated carbocycles. The summed E-state index contributed by atoms with van der Waals surface area (Å²) < 4.78 is 46.1. The molecule has 2 aromatic rings. The van der Waals surface area contributed by atoms with E-state index < -0.39 is 88.9 Å². The van der Waals surface area contributed by atoms with Crippen LogP contribution in [0.4, 0.5) is 13.2 Å². The zero-order chi connectivity index (χ0) is 41.5. The maximum atomic E-state index is 14.7. The van der Waals surface area contributed by atoms with Gasteiger partial charge in [-0.15, -0.1) is 0 Å². The van der Waals surface area contributed by atoms with E-state index >= 15 is 0 Å². The first-order valence-corrected chi connectivity index (χ1v) is 19.4. The van der Waals surface area contributed by atoms with Gasteiger partial charge in [-0.25, -0.2) is 9.97 Å². The highest BCUT2D eigenvalue weighted by Crippen LogP contribution is 2.32. The van der Waals surface area contributed by atoms with E-state index in [4.69, 9.17) is 4.74 Å². The summed E-state index contributed by atoms with van der Waals surface area (Å²) in [6, 6.07) is -4.98. The lowest BCUT2D eigenvalue weighted by Crippen LogP contribution is -2.62. The Kier molecular flexibility index (Phi) is 13.8. The Hall–Kier alpha value is -5.23. The number of likely N-dealkylation sites (tertiary alicyclic amines) is 1. The first-order valence-electron chi connectivity index (χ1n) is 19.4. The summed E-state index contributed by atoms with van der Waals surface area (Å²) in [5, 5.41) is 10.9. The van der Waals surface area contributed by atoms with Crippen LogP contribution in [0.2, 0.25) is 0 Å². The highest BCUT2D eigenvalue weighted by atomic mass is 19.4. The SMILES string of the molecule is CCC[C@H](NC(=O)[C@@H]1C[C@@H](Oc2nccc(C(F)(F)F)n2)CN1C(=O)[C@@H](NC(=O)[C@@H](NC(=O)c1cnccn1)C1CCCCC1)C(C)(C)C)C(=O)C(=O)NC1CC1. The second-order valence-electron chi connectivity index (χ2n) is 15.9. The molecule has 3 fully saturated rings. The Morgan fingerprint density at radius 3 is 2.26 bits per heavy atom. The predicted octanol–water partition coefficient (Wildman–Crippen LogP) is 2.68. The van der Waals surface area contributed by atoms with Gasteiger partial charge in [-0.1, -0.05) is 53.4 Å². The van der Waals surface area contributed by atoms with E-state index in [0.717, 1.165) is 43.2 Å². The molecule has 1 saturated heterocycles. The fraction of sp³-hybridized carbons (Fsp3) is 0.632. The largest absolute Gasteiger partial charge is 0.458 e. The number of halogens is 3. The molecule has 0 unspecified atom stereocenters. The summed E-state index contributed by atoms with van der Waals surface area (Å²) >= 11 is 0. The number of rotatable bonds is 15. The first kappa shape index (κ1) is 42.9. The van der Waals surface area contributed by atoms with Crippen molar-refractivity contribution in [1.82, 2.24) is 46.1 Å². The number of alkyl halides is 3. The number of ketones is 1. The molecule has 16 nitrogen and oxygen atoms in total. The molecule has 57 heavy (non-hydrogen) atoms. The standard InChI is InChI=1S/C38H50F3N9O7/c1-5-9-24(29(51)34(55)45-22-12-13-22)46-32(53)26-18-23(57-36-44-15-14-27(47-36)38(39,40)41)20-50(26)35(56)30(37(2,3)4)49-33(54)28(21-10-7-6-8-11-21)48-31(52)25-19-42-16-17-43-25/h14-17,19,21-24,26,28,30H,5-13,18,20H2,1-4H3,(H,45,55)(H,46,53)(H,48,52)(H,49,54)/t23-,24+,26+,28+,30-/m1/s1. The van der Waals surface area contributed by atoms with Crippen LogP contribution >= 0.6 is 0 Å². The number of hydrogen-bond acceptors (Lipinski definition) is 11. The lowest BCUT2D eigenvalue weighted by atomic mass is 9.82. The van der Waals surface area contributed by atoms with Crippen molar-refractivity contribution in [2.75, 3.05) is 6.54 Å². The summed E-state index contributed by atoms with van der Waals surface area (Å²) in [5.74, 6) is -4.73. The van der Waals surface area contributed by atoms with E-state index in [0.29, 0.717) is 25.3 Å². The van der Waals surface area contributed by atoms with Gasteiger partial charge in [0.25, 0.3) is 11.8 Å². The van der Waals surface area contributed by atoms with Crippen molar-refractivity contribution in [3.63, 3.8) is 0 Å². The summed E-state index contributed by atoms with van der Waals surface area (Å²) in [7, 11) is 0. The van der Waals surface area contributed by atoms with Crippen LogP contribution in [0.5, 0.6) is 6.01 Å². The van der Waals surface area contributed by atoms with E-state index in [1.165, 1.54) is 18.6 Å². The summed E-state index contributed by atoms with van der Waals surface area (Å²) in [6.45, 7) is 6.54. The highest BCUT2D eigenvalue weighted by molar-refractivity contribution is 6.38. The minimum absolute atomic E-state index is 0.00106. The lowest BCUT2D eigenvalue weighted by molar-refractivity contribution is -0.145. The summed E-state index contributed by atoms with van der Waals surface area (Å²) in [5.41, 5.74) is -2.24. The van der Waals surface area contributed by atoms with Crippen LogP contribution in [0.1, 0.15) is 108 Å². The monoisotopic (exact) mass is 801 g/mol. The molecular weight excluding hydrogens is 751 g/mol. The number of aromatic nitrogens is 4. The lowest BCUT2D eigenvalue weighted by Gasteiger charge is -2.37. The van der Waals surface area contributed by atoms with Crippen LogP contribution in [0.3, 0.4) is 0 Å². The van der Waals surface area contributed by atoms with Gasteiger partial charge in [0.05, 0.1) is 18.8 Å². The molecule has 2 aromatic heterocycles. The molecular formula is C38H50F3N9O7. The Bertz CT molecular complexity index is 1780. The van der Waals surface area contributed by atoms with Gasteiger partial charge in [0.2, 0.25) is 23.5 Å². The maximum Gasteiger partial charge on any atom is 0.433 e. The van der Waals surface area contributed by atoms with Gasteiger partial charge >= 0.3 is 12.2 Å². The second kappa shape index (κ2) is 18.4. The average molecular weight is 802 g/mol. The van der Waals surface area contributed by atoms with E-state index in [9.17, 15) is 41.9 Å². The predicted molar refractivity (Wildman–Crippen MR) is 196 cm³/mol. The molecule has 19 heteroatoms. The number of nitrogens with one attached hydrogen (secondary N) is 4. The minimum atomic E-state index is -4.80. The zero-order valence-corrected chi connectivity index (χ0v) is 32.4. The molecule has 0 aromatic carbocycles. The number of ether oxygens (including phenoxy) is 1. The zero-order valence-electron chi connectivity index (χ0n) is 32.4. The van der Waals surface area contributed by atoms with Gasteiger partial charge in [0, 0.05) is 31.1 Å². The second-order valence-corrected chi connectivity index (χ2v) is 15.9. The smallest absolute Gasteiger partial charge is 0.433 e. The number of carbonyl (C=O) groups excluding carboxylic acids is 6. The van der Waals surface area contributed by atoms with Crippen LogP contribution in [0.15, 0.2) is 30.9 Å². The number of carbonyl (C=O) groups is 6. The molecule has 5 atom stereocenters. The molecule has 3 aliphatic rings. The molecule has 2 aliphatic carbocycles. The number of amides is 5. The fourth-order valence-electron chi connectivity index (χ4n) is 7.09. The third-order valence-corrected chi connectivity index (χ3v) is 10.3. The van der Waals surface area contributed by atoms with Crippen molar-refractivity contribution in [1.29, 1.82) is 0 Å². The number of Topliss-reactive ketones (excluding diaryl/α,β-unsaturated/α-hetero) is 1. The molecule has 310 valence electrons. The molecule has 5 amide bonds. The third kappa shape index (κ3) is 11.4. The van der Waals surface area contributed by atoms with Crippen LogP contribution in [0.25, 0.3) is 0 Å². The van der Waals surface area contributed by atoms with Gasteiger partial charge in [0.15, 0.2) is 5.69 Å². The van der Waals surface area contributed by atoms with Gasteiger partial charge < -0.3 is 30.9 Å². The van der Waals surface area contributed by atoms with Gasteiger partial charge in [-0.2, -0.15) is 18.2 Å². The Morgan fingerprint density at radius 2 is 1.65 bits per heavy atom. The van der Waals surface area contributed by atoms with Crippen molar-refractivity contribution in [3.8, 4) is 6.01 Å². The molecule has 0 radical (unpaired) electrons. The van der Waals surface area contributed by atoms with Crippen LogP contribution in [0, 0.1) is 11.3 Å². The highest BCUT2D eigenvalue weighted by Gasteiger charge is 2.48. The van der Waals surface area contributed by atoms with Crippen molar-refractivity contribution >= 4 is 35.3 Å². The van der Waals surface area contributed by atoms with E-state index in [1.54, 1.807) is 27.7 Å². The summed E-state index contributed by atoms with van der Waals surface area (Å²) in [6.07, 6.45) is 4.71. The van der Waals surface area contributed by atoms with Crippen LogP contribution in [-0.4, -0.2) is 103 Å². The number of hydrogen-bond donors (Lipinski definition) is 4. The topological polar surface area (TPSA) is 215 Å². The fourth-order valence-corrected chi connectivity index (χ4v) is 7.09. The van der Waals surface area contributed by atoms with Crippen LogP contribution < -0.4 is 26.0 Å². The van der Waals surface area contributed by atoms with E-state index in [-0.39, 0.29) is 37.0 Å². The molecule has 3 heterocycles. The molecule has 5 rings (SSSR count). The Balaban J connectivity index is 1.42. The summed E-state index contributed by atoms with van der Waals surface area (Å²) in [4.78, 5) is 98.5. The maximum absolute atomic E-state index is 14.7. The van der Waals surface area contributed by atoms with E-state index in [2.05, 4.69) is 41.2 Å². The molecule has 0 bridgehead atoms. The Morgan fingerprint density at radius 1 is 0.930 bits per heavy atom. The average Bonchev–Trinajstić information content (AvgIpc) is 3.90. The van der Waals surface area contributed by atoms with Gasteiger partial charge in [-0.3, -0.25) is 33.8 Å². The van der Waals surface area contributed by atoms with Gasteiger partial charge in [0.1, 0.15) is 29.9 Å². The molecule has 0 spiro atoms. The first-order chi connectivity index (χ1) is 27.0. The molecule has 4 N–H and O–H groups in total. The molecule has 1 aliphatic heterocycles. The Labute approximate surface area is 328 Å². The third-order valence-electron chi connectivity index (χ3n) is 10.3. The number of nitrogens with zero attached hydrogens (tertiary/aromatic N) is 5. The van der Waals surface area contributed by atoms with Crippen molar-refractivity contribution in [2.24, 2.45) is 11.3 Å². The van der Waals surface area contributed by atoms with E-state index in [1.807, 2.05) is 0 Å². The van der Waals surface area contributed by atoms with Crippen LogP contribution in [-0.2, 0) is 30.1 Å².